The number of hydrogen-bond donors (Lipinski definition) is 2. The van der Waals surface area contributed by atoms with Crippen LogP contribution in [0.2, 0.25) is 0 Å². The van der Waals surface area contributed by atoms with Crippen LogP contribution in [-0.4, -0.2) is 16.0 Å². The number of nitrogens with one attached hydrogen (secondary N) is 1. The van der Waals surface area contributed by atoms with Gasteiger partial charge < -0.3 is 11.1 Å². The number of rotatable bonds is 4. The molecule has 0 bridgehead atoms. The summed E-state index contributed by atoms with van der Waals surface area (Å²) in [6.45, 7) is 0. The van der Waals surface area contributed by atoms with Crippen molar-refractivity contribution in [2.24, 2.45) is 11.8 Å². The third-order valence-corrected chi connectivity index (χ3v) is 3.30. The Balaban J connectivity index is 1.74. The van der Waals surface area contributed by atoms with E-state index in [1.54, 1.807) is 12.5 Å². The zero-order chi connectivity index (χ0) is 10.3. The van der Waals surface area contributed by atoms with Crippen LogP contribution in [-0.2, 0) is 0 Å². The highest BCUT2D eigenvalue weighted by molar-refractivity contribution is 5.59. The van der Waals surface area contributed by atoms with Crippen LogP contribution in [0.25, 0.3) is 0 Å². The molecule has 0 amide bonds. The molecule has 1 heterocycles. The van der Waals surface area contributed by atoms with Gasteiger partial charge in [0.05, 0.1) is 11.9 Å². The molecule has 2 aliphatic carbocycles. The third kappa shape index (κ3) is 1.89. The Kier molecular flexibility index (Phi) is 2.01. The van der Waals surface area contributed by atoms with Crippen molar-refractivity contribution >= 4 is 11.5 Å². The van der Waals surface area contributed by atoms with Crippen molar-refractivity contribution in [1.82, 2.24) is 9.97 Å². The molecule has 80 valence electrons. The summed E-state index contributed by atoms with van der Waals surface area (Å²) in [4.78, 5) is 8.09. The molecule has 0 spiro atoms. The monoisotopic (exact) mass is 204 g/mol. The van der Waals surface area contributed by atoms with Crippen LogP contribution in [0.4, 0.5) is 11.5 Å². The summed E-state index contributed by atoms with van der Waals surface area (Å²) in [6.07, 6.45) is 8.65. The van der Waals surface area contributed by atoms with E-state index in [4.69, 9.17) is 5.73 Å². The van der Waals surface area contributed by atoms with Gasteiger partial charge in [0.25, 0.3) is 0 Å². The molecule has 3 N–H and O–H groups in total. The first-order chi connectivity index (χ1) is 7.34. The Hall–Kier alpha value is -1.32. The minimum atomic E-state index is 0.599. The smallest absolute Gasteiger partial charge is 0.152 e. The van der Waals surface area contributed by atoms with Crippen molar-refractivity contribution in [2.45, 2.75) is 31.7 Å². The zero-order valence-electron chi connectivity index (χ0n) is 8.69. The van der Waals surface area contributed by atoms with Crippen molar-refractivity contribution in [3.8, 4) is 0 Å². The van der Waals surface area contributed by atoms with Crippen LogP contribution in [0.15, 0.2) is 12.5 Å². The van der Waals surface area contributed by atoms with E-state index in [1.165, 1.54) is 25.7 Å². The first kappa shape index (κ1) is 8.95. The lowest BCUT2D eigenvalue weighted by atomic mass is 10.1. The summed E-state index contributed by atoms with van der Waals surface area (Å²) in [5, 5.41) is 3.50. The second-order valence-electron chi connectivity index (χ2n) is 4.67. The Labute approximate surface area is 89.3 Å². The van der Waals surface area contributed by atoms with E-state index in [2.05, 4.69) is 15.3 Å². The van der Waals surface area contributed by atoms with E-state index in [9.17, 15) is 0 Å². The molecular formula is C11H16N4. The van der Waals surface area contributed by atoms with Gasteiger partial charge in [-0.1, -0.05) is 0 Å². The van der Waals surface area contributed by atoms with Crippen molar-refractivity contribution in [3.05, 3.63) is 12.5 Å². The first-order valence-corrected chi connectivity index (χ1v) is 5.66. The van der Waals surface area contributed by atoms with E-state index in [-0.39, 0.29) is 0 Å². The normalized spacial score (nSPS) is 20.6. The minimum absolute atomic E-state index is 0.599. The molecule has 2 aliphatic rings. The molecule has 0 aromatic carbocycles. The van der Waals surface area contributed by atoms with Crippen LogP contribution in [0.1, 0.15) is 25.7 Å². The van der Waals surface area contributed by atoms with Gasteiger partial charge in [0.1, 0.15) is 6.33 Å². The van der Waals surface area contributed by atoms with Gasteiger partial charge in [-0.15, -0.1) is 0 Å². The predicted molar refractivity (Wildman–Crippen MR) is 59.3 cm³/mol. The Morgan fingerprint density at radius 3 is 2.47 bits per heavy atom. The molecule has 1 aromatic heterocycles. The van der Waals surface area contributed by atoms with E-state index >= 15 is 0 Å². The quantitative estimate of drug-likeness (QED) is 0.783. The van der Waals surface area contributed by atoms with Gasteiger partial charge >= 0.3 is 0 Å². The molecule has 4 heteroatoms. The van der Waals surface area contributed by atoms with Gasteiger partial charge in [-0.05, 0) is 37.5 Å². The molecule has 0 radical (unpaired) electrons. The molecule has 0 saturated heterocycles. The second kappa shape index (κ2) is 3.36. The van der Waals surface area contributed by atoms with Crippen molar-refractivity contribution in [2.75, 3.05) is 11.1 Å². The number of anilines is 2. The summed E-state index contributed by atoms with van der Waals surface area (Å²) >= 11 is 0. The molecule has 0 unspecified atom stereocenters. The minimum Gasteiger partial charge on any atom is -0.394 e. The van der Waals surface area contributed by atoms with Crippen LogP contribution < -0.4 is 11.1 Å². The average molecular weight is 204 g/mol. The number of nitrogens with zero attached hydrogens (tertiary/aromatic N) is 2. The Morgan fingerprint density at radius 2 is 1.93 bits per heavy atom. The number of nitrogens with two attached hydrogens (primary N) is 1. The number of nitrogen functional groups attached to an aromatic ring is 1. The fourth-order valence-corrected chi connectivity index (χ4v) is 2.15. The highest BCUT2D eigenvalue weighted by Gasteiger charge is 2.41. The van der Waals surface area contributed by atoms with Crippen LogP contribution in [0.3, 0.4) is 0 Å². The fourth-order valence-electron chi connectivity index (χ4n) is 2.15. The molecule has 0 atom stereocenters. The molecule has 2 fully saturated rings. The summed E-state index contributed by atoms with van der Waals surface area (Å²) < 4.78 is 0. The maximum atomic E-state index is 5.82. The zero-order valence-corrected chi connectivity index (χ0v) is 8.69. The standard InChI is InChI=1S/C11H16N4/c12-9-5-13-6-14-11(9)15-10(7-1-2-7)8-3-4-8/h5-8,10H,1-4,12H2,(H,13,14,15). The summed E-state index contributed by atoms with van der Waals surface area (Å²) in [5.41, 5.74) is 6.48. The largest absolute Gasteiger partial charge is 0.394 e. The van der Waals surface area contributed by atoms with Gasteiger partial charge in [-0.3, -0.25) is 0 Å². The molecule has 4 nitrogen and oxygen atoms in total. The van der Waals surface area contributed by atoms with Crippen molar-refractivity contribution in [1.29, 1.82) is 0 Å². The van der Waals surface area contributed by atoms with E-state index in [1.807, 2.05) is 0 Å². The van der Waals surface area contributed by atoms with Crippen LogP contribution in [0.5, 0.6) is 0 Å². The summed E-state index contributed by atoms with van der Waals surface area (Å²) in [6, 6.07) is 0.599. The Bertz CT molecular complexity index is 345. The van der Waals surface area contributed by atoms with E-state index in [0.717, 1.165) is 17.7 Å². The summed E-state index contributed by atoms with van der Waals surface area (Å²) in [7, 11) is 0. The van der Waals surface area contributed by atoms with Gasteiger partial charge in [0, 0.05) is 6.04 Å². The van der Waals surface area contributed by atoms with Gasteiger partial charge in [0.2, 0.25) is 0 Å². The first-order valence-electron chi connectivity index (χ1n) is 5.66. The molecule has 3 rings (SSSR count). The predicted octanol–water partition coefficient (Wildman–Crippen LogP) is 1.66. The molecule has 1 aromatic rings. The highest BCUT2D eigenvalue weighted by Crippen LogP contribution is 2.45. The average Bonchev–Trinajstić information content (AvgIpc) is 3.10. The second-order valence-corrected chi connectivity index (χ2v) is 4.67. The van der Waals surface area contributed by atoms with Gasteiger partial charge in [-0.25, -0.2) is 9.97 Å². The lowest BCUT2D eigenvalue weighted by Gasteiger charge is -2.18. The van der Waals surface area contributed by atoms with E-state index in [0.29, 0.717) is 11.7 Å². The molecule has 2 saturated carbocycles. The third-order valence-electron chi connectivity index (χ3n) is 3.30. The highest BCUT2D eigenvalue weighted by atomic mass is 15.1. The van der Waals surface area contributed by atoms with Gasteiger partial charge in [-0.2, -0.15) is 0 Å². The maximum Gasteiger partial charge on any atom is 0.152 e. The Morgan fingerprint density at radius 1 is 1.27 bits per heavy atom. The lowest BCUT2D eigenvalue weighted by molar-refractivity contribution is 0.566. The van der Waals surface area contributed by atoms with Crippen molar-refractivity contribution < 1.29 is 0 Å². The summed E-state index contributed by atoms with van der Waals surface area (Å²) in [5.74, 6) is 2.52. The fraction of sp³-hybridized carbons (Fsp3) is 0.636. The maximum absolute atomic E-state index is 5.82. The van der Waals surface area contributed by atoms with Crippen LogP contribution >= 0.6 is 0 Å². The van der Waals surface area contributed by atoms with E-state index < -0.39 is 0 Å². The topological polar surface area (TPSA) is 63.8 Å². The lowest BCUT2D eigenvalue weighted by Crippen LogP contribution is -2.25. The number of hydrogen-bond acceptors (Lipinski definition) is 4. The van der Waals surface area contributed by atoms with Crippen LogP contribution in [0, 0.1) is 11.8 Å². The number of aromatic nitrogens is 2. The van der Waals surface area contributed by atoms with Gasteiger partial charge in [0.15, 0.2) is 5.82 Å². The van der Waals surface area contributed by atoms with Crippen molar-refractivity contribution in [3.63, 3.8) is 0 Å². The SMILES string of the molecule is Nc1cncnc1NC(C1CC1)C1CC1. The molecule has 15 heavy (non-hydrogen) atoms. The molecule has 0 aliphatic heterocycles. The molecular weight excluding hydrogens is 188 g/mol.